The summed E-state index contributed by atoms with van der Waals surface area (Å²) in [5, 5.41) is 4.73. The van der Waals surface area contributed by atoms with Crippen LogP contribution in [0.15, 0.2) is 18.3 Å². The number of aromatic nitrogens is 3. The quantitative estimate of drug-likeness (QED) is 0.728. The lowest BCUT2D eigenvalue weighted by Crippen LogP contribution is -2.25. The van der Waals surface area contributed by atoms with Crippen LogP contribution in [0.4, 0.5) is 5.95 Å². The third-order valence-electron chi connectivity index (χ3n) is 2.91. The highest BCUT2D eigenvalue weighted by Gasteiger charge is 2.32. The van der Waals surface area contributed by atoms with E-state index in [1.54, 1.807) is 22.8 Å². The summed E-state index contributed by atoms with van der Waals surface area (Å²) >= 11 is 6.01. The van der Waals surface area contributed by atoms with Gasteiger partial charge in [0.2, 0.25) is 5.91 Å². The molecule has 6 heteroatoms. The summed E-state index contributed by atoms with van der Waals surface area (Å²) in [5.41, 5.74) is 0.533. The van der Waals surface area contributed by atoms with Gasteiger partial charge in [-0.1, -0.05) is 11.6 Å². The van der Waals surface area contributed by atoms with E-state index in [2.05, 4.69) is 16.0 Å². The van der Waals surface area contributed by atoms with Crippen LogP contribution >= 0.6 is 11.6 Å². The molecule has 0 aromatic carbocycles. The van der Waals surface area contributed by atoms with Crippen LogP contribution in [0, 0.1) is 18.3 Å². The Morgan fingerprint density at radius 3 is 3.06 bits per heavy atom. The number of carbonyl (C=O) groups excluding carboxylic acids is 1. The van der Waals surface area contributed by atoms with Crippen molar-refractivity contribution in [1.29, 1.82) is 0 Å². The maximum Gasteiger partial charge on any atom is 0.252 e. The molecule has 90 valence electrons. The number of nitrogens with zero attached hydrogens (tertiary/aromatic N) is 4. The van der Waals surface area contributed by atoms with Gasteiger partial charge in [0.15, 0.2) is 5.65 Å². The van der Waals surface area contributed by atoms with E-state index in [1.165, 1.54) is 4.90 Å². The highest BCUT2D eigenvalue weighted by molar-refractivity contribution is 6.33. The largest absolute Gasteiger partial charge is 0.278 e. The Morgan fingerprint density at radius 1 is 1.56 bits per heavy atom. The molecule has 0 spiro atoms. The van der Waals surface area contributed by atoms with Crippen molar-refractivity contribution in [2.75, 3.05) is 11.4 Å². The van der Waals surface area contributed by atoms with Gasteiger partial charge in [-0.3, -0.25) is 9.69 Å². The molecule has 1 atom stereocenters. The highest BCUT2D eigenvalue weighted by atomic mass is 35.5. The summed E-state index contributed by atoms with van der Waals surface area (Å²) in [5.74, 6) is 2.82. The molecule has 3 heterocycles. The molecular formula is C12H9ClN4O. The Kier molecular flexibility index (Phi) is 2.46. The number of pyridine rings is 1. The lowest BCUT2D eigenvalue weighted by Gasteiger charge is -2.09. The predicted octanol–water partition coefficient (Wildman–Crippen LogP) is 1.37. The van der Waals surface area contributed by atoms with Crippen molar-refractivity contribution in [1.82, 2.24) is 14.6 Å². The van der Waals surface area contributed by atoms with Crippen LogP contribution in [-0.4, -0.2) is 27.0 Å². The Hall–Kier alpha value is -2.06. The number of hydrogen-bond donors (Lipinski definition) is 0. The lowest BCUT2D eigenvalue weighted by molar-refractivity contribution is -0.117. The average Bonchev–Trinajstić information content (AvgIpc) is 2.93. The van der Waals surface area contributed by atoms with Gasteiger partial charge in [-0.05, 0) is 12.1 Å². The number of anilines is 1. The number of hydrogen-bond acceptors (Lipinski definition) is 3. The number of terminal acetylenes is 1. The fraction of sp³-hybridized carbons (Fsp3) is 0.250. The Labute approximate surface area is 108 Å². The Bertz CT molecular complexity index is 672. The molecular weight excluding hydrogens is 252 g/mol. The minimum Gasteiger partial charge on any atom is -0.278 e. The summed E-state index contributed by atoms with van der Waals surface area (Å²) in [7, 11) is 0. The van der Waals surface area contributed by atoms with Crippen molar-refractivity contribution in [3.05, 3.63) is 23.4 Å². The minimum absolute atomic E-state index is 0.0509. The summed E-state index contributed by atoms with van der Waals surface area (Å²) < 4.78 is 1.55. The van der Waals surface area contributed by atoms with Crippen molar-refractivity contribution in [3.8, 4) is 12.3 Å². The van der Waals surface area contributed by atoms with Crippen molar-refractivity contribution in [2.45, 2.75) is 6.42 Å². The van der Waals surface area contributed by atoms with Crippen molar-refractivity contribution in [2.24, 2.45) is 5.92 Å². The van der Waals surface area contributed by atoms with Gasteiger partial charge >= 0.3 is 0 Å². The summed E-state index contributed by atoms with van der Waals surface area (Å²) in [6, 6.07) is 3.50. The number of fused-ring (bicyclic) bond motifs is 1. The van der Waals surface area contributed by atoms with E-state index in [4.69, 9.17) is 18.0 Å². The molecule has 1 aliphatic rings. The van der Waals surface area contributed by atoms with E-state index in [9.17, 15) is 4.79 Å². The first-order chi connectivity index (χ1) is 8.69. The van der Waals surface area contributed by atoms with E-state index < -0.39 is 0 Å². The van der Waals surface area contributed by atoms with Crippen LogP contribution in [0.5, 0.6) is 0 Å². The third-order valence-corrected chi connectivity index (χ3v) is 3.20. The van der Waals surface area contributed by atoms with Crippen molar-refractivity contribution in [3.63, 3.8) is 0 Å². The molecule has 0 saturated carbocycles. The zero-order valence-electron chi connectivity index (χ0n) is 9.38. The smallest absolute Gasteiger partial charge is 0.252 e. The first-order valence-electron chi connectivity index (χ1n) is 5.46. The fourth-order valence-electron chi connectivity index (χ4n) is 1.99. The maximum absolute atomic E-state index is 11.8. The minimum atomic E-state index is -0.0698. The van der Waals surface area contributed by atoms with Crippen LogP contribution in [0.1, 0.15) is 6.42 Å². The fourth-order valence-corrected chi connectivity index (χ4v) is 2.19. The Balaban J connectivity index is 2.03. The normalized spacial score (nSPS) is 19.4. The molecule has 1 unspecified atom stereocenters. The molecule has 1 saturated heterocycles. The second kappa shape index (κ2) is 4.00. The number of halogens is 1. The molecule has 5 nitrogen and oxygen atoms in total. The van der Waals surface area contributed by atoms with Crippen molar-refractivity contribution < 1.29 is 4.79 Å². The zero-order valence-corrected chi connectivity index (χ0v) is 10.1. The van der Waals surface area contributed by atoms with E-state index in [0.29, 0.717) is 29.6 Å². The third kappa shape index (κ3) is 1.62. The lowest BCUT2D eigenvalue weighted by atomic mass is 10.1. The van der Waals surface area contributed by atoms with Crippen molar-refractivity contribution >= 4 is 29.1 Å². The standard InChI is InChI=1S/C12H9ClN4O/c1-2-8-6-10(18)16(7-8)12-14-11-9(13)4-3-5-17(11)15-12/h1,3-5,8H,6-7H2. The molecule has 2 aromatic rings. The zero-order chi connectivity index (χ0) is 12.7. The molecule has 2 aromatic heterocycles. The molecule has 0 aliphatic carbocycles. The van der Waals surface area contributed by atoms with Crippen LogP contribution in [0.25, 0.3) is 5.65 Å². The molecule has 0 bridgehead atoms. The number of amides is 1. The van der Waals surface area contributed by atoms with E-state index in [1.807, 2.05) is 0 Å². The first kappa shape index (κ1) is 11.1. The molecule has 0 radical (unpaired) electrons. The maximum atomic E-state index is 11.8. The predicted molar refractivity (Wildman–Crippen MR) is 67.3 cm³/mol. The molecule has 1 amide bonds. The van der Waals surface area contributed by atoms with Crippen LogP contribution in [-0.2, 0) is 4.79 Å². The molecule has 1 aliphatic heterocycles. The topological polar surface area (TPSA) is 50.5 Å². The SMILES string of the molecule is C#CC1CC(=O)N(c2nc3c(Cl)cccn3n2)C1. The summed E-state index contributed by atoms with van der Waals surface area (Å²) in [4.78, 5) is 17.6. The van der Waals surface area contributed by atoms with Crippen LogP contribution in [0.2, 0.25) is 5.02 Å². The van der Waals surface area contributed by atoms with Gasteiger partial charge in [0.1, 0.15) is 0 Å². The second-order valence-electron chi connectivity index (χ2n) is 4.11. The van der Waals surface area contributed by atoms with Gasteiger partial charge in [-0.25, -0.2) is 4.52 Å². The van der Waals surface area contributed by atoms with Gasteiger partial charge in [-0.2, -0.15) is 4.98 Å². The van der Waals surface area contributed by atoms with E-state index >= 15 is 0 Å². The molecule has 3 rings (SSSR count). The number of rotatable bonds is 1. The van der Waals surface area contributed by atoms with Crippen LogP contribution in [0.3, 0.4) is 0 Å². The number of carbonyl (C=O) groups is 1. The van der Waals surface area contributed by atoms with Gasteiger partial charge in [0.25, 0.3) is 5.95 Å². The summed E-state index contributed by atoms with van der Waals surface area (Å²) in [6.45, 7) is 0.462. The second-order valence-corrected chi connectivity index (χ2v) is 4.52. The van der Waals surface area contributed by atoms with Gasteiger partial charge in [0, 0.05) is 25.1 Å². The summed E-state index contributed by atoms with van der Waals surface area (Å²) in [6.07, 6.45) is 7.42. The van der Waals surface area contributed by atoms with Gasteiger partial charge in [0.05, 0.1) is 5.02 Å². The van der Waals surface area contributed by atoms with Gasteiger partial charge < -0.3 is 0 Å². The monoisotopic (exact) mass is 260 g/mol. The van der Waals surface area contributed by atoms with Gasteiger partial charge in [-0.15, -0.1) is 17.4 Å². The average molecular weight is 261 g/mol. The van der Waals surface area contributed by atoms with Crippen LogP contribution < -0.4 is 4.90 Å². The van der Waals surface area contributed by atoms with E-state index in [-0.39, 0.29) is 11.8 Å². The molecule has 18 heavy (non-hydrogen) atoms. The highest BCUT2D eigenvalue weighted by Crippen LogP contribution is 2.24. The molecule has 1 fully saturated rings. The first-order valence-corrected chi connectivity index (χ1v) is 5.84. The molecule has 0 N–H and O–H groups in total. The Morgan fingerprint density at radius 2 is 2.39 bits per heavy atom. The van der Waals surface area contributed by atoms with E-state index in [0.717, 1.165) is 0 Å².